The van der Waals surface area contributed by atoms with Gasteiger partial charge >= 0.3 is 0 Å². The molecule has 2 fully saturated rings. The Morgan fingerprint density at radius 2 is 2.12 bits per heavy atom. The summed E-state index contributed by atoms with van der Waals surface area (Å²) in [6.07, 6.45) is 9.13. The highest BCUT2D eigenvalue weighted by atomic mass is 32.2. The lowest BCUT2D eigenvalue weighted by Gasteiger charge is -2.44. The van der Waals surface area contributed by atoms with Crippen LogP contribution in [0.15, 0.2) is 16.0 Å². The molecule has 2 heterocycles. The third-order valence-electron chi connectivity index (χ3n) is 5.18. The Balaban J connectivity index is 1.61. The van der Waals surface area contributed by atoms with Gasteiger partial charge in [0.1, 0.15) is 0 Å². The molecule has 5 nitrogen and oxygen atoms in total. The van der Waals surface area contributed by atoms with Gasteiger partial charge in [0.25, 0.3) is 5.56 Å². The van der Waals surface area contributed by atoms with E-state index in [0.717, 1.165) is 37.9 Å². The second-order valence-electron chi connectivity index (χ2n) is 6.92. The van der Waals surface area contributed by atoms with Crippen LogP contribution in [0.5, 0.6) is 0 Å². The molecule has 1 saturated heterocycles. The first-order valence-corrected chi connectivity index (χ1v) is 10.2. The van der Waals surface area contributed by atoms with Gasteiger partial charge in [-0.2, -0.15) is 0 Å². The van der Waals surface area contributed by atoms with Crippen LogP contribution in [0.2, 0.25) is 0 Å². The van der Waals surface area contributed by atoms with E-state index >= 15 is 0 Å². The Morgan fingerprint density at radius 3 is 2.96 bits per heavy atom. The van der Waals surface area contributed by atoms with Crippen molar-refractivity contribution in [2.75, 3.05) is 12.3 Å². The van der Waals surface area contributed by atoms with Crippen LogP contribution < -0.4 is 5.56 Å². The van der Waals surface area contributed by atoms with Gasteiger partial charge in [0.05, 0.1) is 5.75 Å². The average Bonchev–Trinajstić information content (AvgIpc) is 2.59. The molecular formula is C18H27N3O2S. The van der Waals surface area contributed by atoms with Crippen molar-refractivity contribution >= 4 is 17.7 Å². The maximum atomic E-state index is 12.7. The smallest absolute Gasteiger partial charge is 0.251 e. The molecule has 132 valence electrons. The first-order chi connectivity index (χ1) is 11.7. The van der Waals surface area contributed by atoms with E-state index in [0.29, 0.717) is 22.9 Å². The molecule has 0 bridgehead atoms. The average molecular weight is 350 g/mol. The second-order valence-corrected chi connectivity index (χ2v) is 7.89. The van der Waals surface area contributed by atoms with E-state index in [2.05, 4.69) is 21.8 Å². The number of carbonyl (C=O) groups is 1. The number of carbonyl (C=O) groups excluding carboxylic acids is 1. The summed E-state index contributed by atoms with van der Waals surface area (Å²) in [7, 11) is 0. The number of hydrogen-bond donors (Lipinski definition) is 1. The SMILES string of the molecule is CCCc1cc(=O)[nH]c(SCC(=O)N2CCC[C@@H]3CCCC[C@H]32)n1. The lowest BCUT2D eigenvalue weighted by atomic mass is 9.78. The number of nitrogens with one attached hydrogen (secondary N) is 1. The highest BCUT2D eigenvalue weighted by Crippen LogP contribution is 2.35. The minimum absolute atomic E-state index is 0.131. The zero-order valence-electron chi connectivity index (χ0n) is 14.4. The lowest BCUT2D eigenvalue weighted by Crippen LogP contribution is -2.50. The van der Waals surface area contributed by atoms with Crippen LogP contribution in [0.3, 0.4) is 0 Å². The number of hydrogen-bond acceptors (Lipinski definition) is 4. The molecule has 0 radical (unpaired) electrons. The zero-order valence-corrected chi connectivity index (χ0v) is 15.2. The van der Waals surface area contributed by atoms with Crippen LogP contribution in [-0.4, -0.2) is 39.1 Å². The fourth-order valence-electron chi connectivity index (χ4n) is 4.08. The molecule has 24 heavy (non-hydrogen) atoms. The first kappa shape index (κ1) is 17.5. The summed E-state index contributed by atoms with van der Waals surface area (Å²) in [5.41, 5.74) is 0.676. The van der Waals surface area contributed by atoms with Crippen molar-refractivity contribution in [1.29, 1.82) is 0 Å². The van der Waals surface area contributed by atoms with Crippen molar-refractivity contribution < 1.29 is 4.79 Å². The van der Waals surface area contributed by atoms with E-state index in [1.807, 2.05) is 0 Å². The first-order valence-electron chi connectivity index (χ1n) is 9.20. The molecule has 1 amide bonds. The third-order valence-corrected chi connectivity index (χ3v) is 6.03. The van der Waals surface area contributed by atoms with Crippen LogP contribution in [0.1, 0.15) is 57.6 Å². The van der Waals surface area contributed by atoms with Crippen molar-refractivity contribution in [3.63, 3.8) is 0 Å². The Kier molecular flexibility index (Phi) is 5.98. The van der Waals surface area contributed by atoms with E-state index < -0.39 is 0 Å². The summed E-state index contributed by atoms with van der Waals surface area (Å²) < 4.78 is 0. The summed E-state index contributed by atoms with van der Waals surface area (Å²) in [6.45, 7) is 2.95. The van der Waals surface area contributed by atoms with Crippen LogP contribution in [0, 0.1) is 5.92 Å². The maximum absolute atomic E-state index is 12.7. The number of aromatic nitrogens is 2. The molecule has 1 aliphatic carbocycles. The van der Waals surface area contributed by atoms with E-state index in [1.165, 1.54) is 37.4 Å². The van der Waals surface area contributed by atoms with E-state index in [1.54, 1.807) is 6.07 Å². The summed E-state index contributed by atoms with van der Waals surface area (Å²) in [6, 6.07) is 1.99. The number of fused-ring (bicyclic) bond motifs is 1. The number of amides is 1. The van der Waals surface area contributed by atoms with Crippen molar-refractivity contribution in [2.45, 2.75) is 69.5 Å². The standard InChI is InChI=1S/C18H27N3O2S/c1-2-6-14-11-16(22)20-18(19-14)24-12-17(23)21-10-5-8-13-7-3-4-9-15(13)21/h11,13,15H,2-10,12H2,1H3,(H,19,20,22)/t13-,15+/m0/s1. The van der Waals surface area contributed by atoms with Gasteiger partial charge in [0.2, 0.25) is 5.91 Å². The molecular weight excluding hydrogens is 322 g/mol. The van der Waals surface area contributed by atoms with E-state index in [-0.39, 0.29) is 11.5 Å². The lowest BCUT2D eigenvalue weighted by molar-refractivity contribution is -0.134. The summed E-state index contributed by atoms with van der Waals surface area (Å²) in [4.78, 5) is 33.7. The number of H-pyrrole nitrogens is 1. The summed E-state index contributed by atoms with van der Waals surface area (Å²) >= 11 is 1.36. The molecule has 3 rings (SSSR count). The largest absolute Gasteiger partial charge is 0.339 e. The molecule has 1 aliphatic heterocycles. The number of nitrogens with zero attached hydrogens (tertiary/aromatic N) is 2. The van der Waals surface area contributed by atoms with Gasteiger partial charge in [-0.3, -0.25) is 9.59 Å². The monoisotopic (exact) mass is 349 g/mol. The molecule has 1 aromatic rings. The van der Waals surface area contributed by atoms with Crippen LogP contribution in [0.25, 0.3) is 0 Å². The van der Waals surface area contributed by atoms with Gasteiger partial charge in [-0.15, -0.1) is 0 Å². The Morgan fingerprint density at radius 1 is 1.33 bits per heavy atom. The van der Waals surface area contributed by atoms with E-state index in [9.17, 15) is 9.59 Å². The second kappa shape index (κ2) is 8.19. The highest BCUT2D eigenvalue weighted by molar-refractivity contribution is 7.99. The number of thioether (sulfide) groups is 1. The molecule has 1 saturated carbocycles. The number of piperidine rings is 1. The van der Waals surface area contributed by atoms with Crippen LogP contribution >= 0.6 is 11.8 Å². The quantitative estimate of drug-likeness (QED) is 0.655. The van der Waals surface area contributed by atoms with Crippen molar-refractivity contribution in [3.8, 4) is 0 Å². The number of rotatable bonds is 5. The van der Waals surface area contributed by atoms with Crippen molar-refractivity contribution in [3.05, 3.63) is 22.1 Å². The van der Waals surface area contributed by atoms with Crippen molar-refractivity contribution in [1.82, 2.24) is 14.9 Å². The van der Waals surface area contributed by atoms with Gasteiger partial charge < -0.3 is 9.88 Å². The fourth-order valence-corrected chi connectivity index (χ4v) is 4.86. The van der Waals surface area contributed by atoms with Crippen LogP contribution in [0.4, 0.5) is 0 Å². The van der Waals surface area contributed by atoms with E-state index in [4.69, 9.17) is 0 Å². The highest BCUT2D eigenvalue weighted by Gasteiger charge is 2.35. The van der Waals surface area contributed by atoms with Gasteiger partial charge in [0, 0.05) is 24.3 Å². The molecule has 0 spiro atoms. The fraction of sp³-hybridized carbons (Fsp3) is 0.722. The molecule has 2 atom stereocenters. The number of likely N-dealkylation sites (tertiary alicyclic amines) is 1. The normalized spacial score (nSPS) is 23.8. The van der Waals surface area contributed by atoms with Gasteiger partial charge in [-0.25, -0.2) is 4.98 Å². The Labute approximate surface area is 147 Å². The summed E-state index contributed by atoms with van der Waals surface area (Å²) in [5.74, 6) is 1.26. The molecule has 0 unspecified atom stereocenters. The van der Waals surface area contributed by atoms with Crippen LogP contribution in [-0.2, 0) is 11.2 Å². The maximum Gasteiger partial charge on any atom is 0.251 e. The molecule has 1 aromatic heterocycles. The molecule has 2 aliphatic rings. The topological polar surface area (TPSA) is 66.1 Å². The van der Waals surface area contributed by atoms with Gasteiger partial charge in [-0.1, -0.05) is 37.9 Å². The number of aryl methyl sites for hydroxylation is 1. The van der Waals surface area contributed by atoms with Crippen molar-refractivity contribution in [2.24, 2.45) is 5.92 Å². The predicted octanol–water partition coefficient (Wildman–Crippen LogP) is 3.00. The van der Waals surface area contributed by atoms with Gasteiger partial charge in [0.15, 0.2) is 5.16 Å². The third kappa shape index (κ3) is 4.21. The molecule has 6 heteroatoms. The number of aromatic amines is 1. The Hall–Kier alpha value is -1.30. The minimum Gasteiger partial charge on any atom is -0.339 e. The Bertz CT molecular complexity index is 629. The minimum atomic E-state index is -0.131. The van der Waals surface area contributed by atoms with Gasteiger partial charge in [-0.05, 0) is 38.0 Å². The predicted molar refractivity (Wildman–Crippen MR) is 96.3 cm³/mol. The molecule has 0 aromatic carbocycles. The molecule has 1 N–H and O–H groups in total. The zero-order chi connectivity index (χ0) is 16.9. The summed E-state index contributed by atoms with van der Waals surface area (Å²) in [5, 5.41) is 0.566.